The van der Waals surface area contributed by atoms with Crippen molar-refractivity contribution in [2.75, 3.05) is 7.11 Å². The minimum atomic E-state index is -4.28. The zero-order chi connectivity index (χ0) is 18.9. The fourth-order valence-electron chi connectivity index (χ4n) is 2.42. The zero-order valence-electron chi connectivity index (χ0n) is 14.1. The summed E-state index contributed by atoms with van der Waals surface area (Å²) in [5.41, 5.74) is 1.36. The molecular weight excluding hydrogens is 356 g/mol. The van der Waals surface area contributed by atoms with Gasteiger partial charge in [-0.2, -0.15) is 0 Å². The molecule has 26 heavy (non-hydrogen) atoms. The summed E-state index contributed by atoms with van der Waals surface area (Å²) < 4.78 is 30.6. The van der Waals surface area contributed by atoms with Crippen LogP contribution in [0.1, 0.15) is 11.1 Å². The highest BCUT2D eigenvalue weighted by Crippen LogP contribution is 2.23. The van der Waals surface area contributed by atoms with E-state index in [1.54, 1.807) is 43.3 Å². The molecule has 2 aromatic carbocycles. The van der Waals surface area contributed by atoms with Gasteiger partial charge in [-0.3, -0.25) is 4.79 Å². The summed E-state index contributed by atoms with van der Waals surface area (Å²) in [6, 6.07) is 11.6. The first kappa shape index (κ1) is 17.7. The van der Waals surface area contributed by atoms with E-state index in [9.17, 15) is 18.0 Å². The molecule has 3 rings (SSSR count). The fraction of sp³-hybridized carbons (Fsp3) is 0.111. The molecule has 0 radical (unpaired) electrons. The Hall–Kier alpha value is -3.13. The number of ether oxygens (including phenoxy) is 1. The average Bonchev–Trinajstić information content (AvgIpc) is 2.90. The molecule has 2 aromatic rings. The molecular formula is C18H16N2O5S. The zero-order valence-corrected chi connectivity index (χ0v) is 14.9. The Bertz CT molecular complexity index is 993. The van der Waals surface area contributed by atoms with E-state index in [2.05, 4.69) is 5.32 Å². The molecule has 0 unspecified atom stereocenters. The van der Waals surface area contributed by atoms with E-state index in [-0.39, 0.29) is 14.9 Å². The van der Waals surface area contributed by atoms with Crippen molar-refractivity contribution < 1.29 is 22.7 Å². The minimum absolute atomic E-state index is 0.115. The number of methoxy groups -OCH3 is 1. The molecule has 1 aliphatic heterocycles. The van der Waals surface area contributed by atoms with Crippen LogP contribution in [0.25, 0.3) is 6.08 Å². The first-order valence-corrected chi connectivity index (χ1v) is 9.10. The first-order chi connectivity index (χ1) is 12.3. The lowest BCUT2D eigenvalue weighted by Crippen LogP contribution is -2.36. The van der Waals surface area contributed by atoms with Crippen LogP contribution in [0, 0.1) is 6.92 Å². The predicted octanol–water partition coefficient (Wildman–Crippen LogP) is 2.29. The standard InChI is InChI=1S/C18H16N2O5S/c1-12-3-9-15(10-4-12)26(23,24)20-17(21)16(19-18(20)22)11-13-5-7-14(25-2)8-6-13/h3-11H,1-2H3,(H,19,22)/b16-11-. The summed E-state index contributed by atoms with van der Waals surface area (Å²) in [7, 11) is -2.75. The van der Waals surface area contributed by atoms with Crippen LogP contribution >= 0.6 is 0 Å². The Labute approximate surface area is 150 Å². The van der Waals surface area contributed by atoms with E-state index in [0.29, 0.717) is 11.3 Å². The largest absolute Gasteiger partial charge is 0.497 e. The van der Waals surface area contributed by atoms with Crippen molar-refractivity contribution in [3.8, 4) is 5.75 Å². The van der Waals surface area contributed by atoms with Crippen molar-refractivity contribution in [3.05, 3.63) is 65.4 Å². The van der Waals surface area contributed by atoms with Gasteiger partial charge in [0.25, 0.3) is 15.9 Å². The summed E-state index contributed by atoms with van der Waals surface area (Å²) in [6.45, 7) is 1.81. The second-order valence-electron chi connectivity index (χ2n) is 5.65. The van der Waals surface area contributed by atoms with Gasteiger partial charge >= 0.3 is 6.03 Å². The van der Waals surface area contributed by atoms with Gasteiger partial charge in [0.2, 0.25) is 0 Å². The lowest BCUT2D eigenvalue weighted by molar-refractivity contribution is -0.119. The SMILES string of the molecule is COc1ccc(/C=C2\NC(=O)N(S(=O)(=O)c3ccc(C)cc3)C2=O)cc1. The topological polar surface area (TPSA) is 92.8 Å². The van der Waals surface area contributed by atoms with Crippen LogP contribution in [-0.2, 0) is 14.8 Å². The van der Waals surface area contributed by atoms with Crippen LogP contribution in [-0.4, -0.2) is 31.8 Å². The Morgan fingerprint density at radius 3 is 2.19 bits per heavy atom. The third kappa shape index (κ3) is 3.18. The number of imide groups is 1. The molecule has 0 saturated carbocycles. The number of aryl methyl sites for hydroxylation is 1. The number of hydrogen-bond donors (Lipinski definition) is 1. The van der Waals surface area contributed by atoms with Crippen LogP contribution in [0.5, 0.6) is 5.75 Å². The van der Waals surface area contributed by atoms with E-state index in [0.717, 1.165) is 5.56 Å². The van der Waals surface area contributed by atoms with E-state index in [4.69, 9.17) is 4.74 Å². The van der Waals surface area contributed by atoms with E-state index >= 15 is 0 Å². The maximum Gasteiger partial charge on any atom is 0.343 e. The Balaban J connectivity index is 1.93. The molecule has 1 heterocycles. The van der Waals surface area contributed by atoms with Crippen molar-refractivity contribution >= 4 is 28.0 Å². The second kappa shape index (κ2) is 6.64. The van der Waals surface area contributed by atoms with E-state index < -0.39 is 22.0 Å². The molecule has 1 N–H and O–H groups in total. The van der Waals surface area contributed by atoms with Gasteiger partial charge in [0.15, 0.2) is 0 Å². The smallest absolute Gasteiger partial charge is 0.343 e. The number of sulfonamides is 1. The molecule has 1 aliphatic rings. The molecule has 1 saturated heterocycles. The summed E-state index contributed by atoms with van der Waals surface area (Å²) in [4.78, 5) is 24.5. The summed E-state index contributed by atoms with van der Waals surface area (Å²) in [6.07, 6.45) is 1.41. The highest BCUT2D eigenvalue weighted by atomic mass is 32.2. The number of hydrogen-bond acceptors (Lipinski definition) is 5. The molecule has 3 amide bonds. The van der Waals surface area contributed by atoms with Crippen LogP contribution in [0.15, 0.2) is 59.1 Å². The highest BCUT2D eigenvalue weighted by molar-refractivity contribution is 7.90. The normalized spacial score (nSPS) is 16.1. The van der Waals surface area contributed by atoms with Gasteiger partial charge in [-0.15, -0.1) is 4.31 Å². The third-order valence-electron chi connectivity index (χ3n) is 3.83. The van der Waals surface area contributed by atoms with Gasteiger partial charge in [-0.05, 0) is 42.8 Å². The summed E-state index contributed by atoms with van der Waals surface area (Å²) in [5.74, 6) is -0.288. The monoisotopic (exact) mass is 372 g/mol. The summed E-state index contributed by atoms with van der Waals surface area (Å²) >= 11 is 0. The van der Waals surface area contributed by atoms with Crippen molar-refractivity contribution in [3.63, 3.8) is 0 Å². The second-order valence-corrected chi connectivity index (χ2v) is 7.44. The number of rotatable bonds is 4. The van der Waals surface area contributed by atoms with Crippen LogP contribution in [0.2, 0.25) is 0 Å². The molecule has 0 atom stereocenters. The molecule has 7 nitrogen and oxygen atoms in total. The number of nitrogens with one attached hydrogen (secondary N) is 1. The maximum atomic E-state index is 12.6. The Kier molecular flexibility index (Phi) is 4.52. The van der Waals surface area contributed by atoms with Crippen LogP contribution in [0.4, 0.5) is 4.79 Å². The van der Waals surface area contributed by atoms with E-state index in [1.165, 1.54) is 25.3 Å². The molecule has 1 fully saturated rings. The quantitative estimate of drug-likeness (QED) is 0.657. The van der Waals surface area contributed by atoms with Crippen molar-refractivity contribution in [1.29, 1.82) is 0 Å². The fourth-order valence-corrected chi connectivity index (χ4v) is 3.69. The van der Waals surface area contributed by atoms with Crippen LogP contribution in [0.3, 0.4) is 0 Å². The van der Waals surface area contributed by atoms with Gasteiger partial charge < -0.3 is 10.1 Å². The molecule has 8 heteroatoms. The number of carbonyl (C=O) groups excluding carboxylic acids is 2. The Morgan fingerprint density at radius 1 is 1.00 bits per heavy atom. The lowest BCUT2D eigenvalue weighted by atomic mass is 10.2. The maximum absolute atomic E-state index is 12.6. The number of nitrogens with zero attached hydrogens (tertiary/aromatic N) is 1. The molecule has 0 bridgehead atoms. The highest BCUT2D eigenvalue weighted by Gasteiger charge is 2.43. The van der Waals surface area contributed by atoms with Crippen LogP contribution < -0.4 is 10.1 Å². The average molecular weight is 372 g/mol. The lowest BCUT2D eigenvalue weighted by Gasteiger charge is -2.12. The molecule has 0 aromatic heterocycles. The minimum Gasteiger partial charge on any atom is -0.497 e. The molecule has 0 spiro atoms. The van der Waals surface area contributed by atoms with E-state index in [1.807, 2.05) is 0 Å². The van der Waals surface area contributed by atoms with Gasteiger partial charge in [-0.1, -0.05) is 29.8 Å². The van der Waals surface area contributed by atoms with Gasteiger partial charge in [0.05, 0.1) is 12.0 Å². The molecule has 0 aliphatic carbocycles. The van der Waals surface area contributed by atoms with Crippen molar-refractivity contribution in [2.45, 2.75) is 11.8 Å². The predicted molar refractivity (Wildman–Crippen MR) is 94.7 cm³/mol. The Morgan fingerprint density at radius 2 is 1.62 bits per heavy atom. The van der Waals surface area contributed by atoms with Crippen molar-refractivity contribution in [1.82, 2.24) is 9.62 Å². The van der Waals surface area contributed by atoms with Crippen molar-refractivity contribution in [2.24, 2.45) is 0 Å². The first-order valence-electron chi connectivity index (χ1n) is 7.66. The summed E-state index contributed by atoms with van der Waals surface area (Å²) in [5, 5.41) is 2.31. The number of urea groups is 1. The van der Waals surface area contributed by atoms with Gasteiger partial charge in [0.1, 0.15) is 11.4 Å². The molecule has 134 valence electrons. The number of benzene rings is 2. The number of amides is 3. The van der Waals surface area contributed by atoms with Gasteiger partial charge in [0, 0.05) is 0 Å². The van der Waals surface area contributed by atoms with Gasteiger partial charge in [-0.25, -0.2) is 13.2 Å². The third-order valence-corrected chi connectivity index (χ3v) is 5.51. The number of carbonyl (C=O) groups is 2.